The third-order valence-electron chi connectivity index (χ3n) is 1.65. The number of hydrogen-bond donors (Lipinski definition) is 0. The molecule has 1 rings (SSSR count). The maximum atomic E-state index is 4.52. The highest BCUT2D eigenvalue weighted by molar-refractivity contribution is 9.09. The number of aliphatic imine (C=N–C) groups is 1. The van der Waals surface area contributed by atoms with Crippen molar-refractivity contribution in [3.05, 3.63) is 35.9 Å². The first-order valence-corrected chi connectivity index (χ1v) is 5.80. The predicted octanol–water partition coefficient (Wildman–Crippen LogP) is 4.22. The molecule has 0 radical (unpaired) electrons. The SMILES string of the molecule is S=C=Nc1ccc(C=CCCBr)cc1. The lowest BCUT2D eigenvalue weighted by atomic mass is 10.2. The van der Waals surface area contributed by atoms with Gasteiger partial charge in [-0.15, -0.1) is 0 Å². The summed E-state index contributed by atoms with van der Waals surface area (Å²) in [7, 11) is 0. The van der Waals surface area contributed by atoms with Gasteiger partial charge in [-0.2, -0.15) is 4.99 Å². The van der Waals surface area contributed by atoms with Crippen molar-refractivity contribution < 1.29 is 0 Å². The van der Waals surface area contributed by atoms with Crippen molar-refractivity contribution in [1.29, 1.82) is 0 Å². The Kier molecular flexibility index (Phi) is 5.38. The normalized spacial score (nSPS) is 10.1. The van der Waals surface area contributed by atoms with E-state index in [-0.39, 0.29) is 0 Å². The summed E-state index contributed by atoms with van der Waals surface area (Å²) in [6.45, 7) is 0. The fourth-order valence-corrected chi connectivity index (χ4v) is 1.36. The zero-order valence-electron chi connectivity index (χ0n) is 7.61. The quantitative estimate of drug-likeness (QED) is 0.452. The first-order chi connectivity index (χ1) is 6.86. The molecule has 0 aliphatic carbocycles. The van der Waals surface area contributed by atoms with Crippen LogP contribution in [0.5, 0.6) is 0 Å². The van der Waals surface area contributed by atoms with Crippen molar-refractivity contribution in [3.8, 4) is 0 Å². The van der Waals surface area contributed by atoms with E-state index in [1.165, 1.54) is 5.56 Å². The number of alkyl halides is 1. The van der Waals surface area contributed by atoms with Crippen molar-refractivity contribution in [2.75, 3.05) is 5.33 Å². The summed E-state index contributed by atoms with van der Waals surface area (Å²) in [5.41, 5.74) is 2.02. The summed E-state index contributed by atoms with van der Waals surface area (Å²) in [5, 5.41) is 3.34. The van der Waals surface area contributed by atoms with Gasteiger partial charge in [0.2, 0.25) is 0 Å². The molecule has 0 saturated heterocycles. The van der Waals surface area contributed by atoms with E-state index < -0.39 is 0 Å². The highest BCUT2D eigenvalue weighted by Gasteiger charge is 1.88. The lowest BCUT2D eigenvalue weighted by Crippen LogP contribution is -1.71. The molecule has 0 atom stereocenters. The van der Waals surface area contributed by atoms with Gasteiger partial charge >= 0.3 is 0 Å². The van der Waals surface area contributed by atoms with Crippen LogP contribution >= 0.6 is 28.1 Å². The molecule has 0 saturated carbocycles. The second-order valence-corrected chi connectivity index (χ2v) is 3.65. The molecular weight excluding hydrogens is 258 g/mol. The Bertz CT molecular complexity index is 350. The summed E-state index contributed by atoms with van der Waals surface area (Å²) in [4.78, 5) is 3.88. The molecule has 0 N–H and O–H groups in total. The molecule has 1 nitrogen and oxygen atoms in total. The molecule has 0 aliphatic heterocycles. The summed E-state index contributed by atoms with van der Waals surface area (Å²) in [5.74, 6) is 0. The molecule has 0 heterocycles. The van der Waals surface area contributed by atoms with Crippen LogP contribution in [0.2, 0.25) is 0 Å². The highest BCUT2D eigenvalue weighted by atomic mass is 79.9. The molecule has 0 aliphatic rings. The monoisotopic (exact) mass is 267 g/mol. The van der Waals surface area contributed by atoms with Gasteiger partial charge in [0.15, 0.2) is 0 Å². The number of thiocarbonyl (C=S) groups is 1. The van der Waals surface area contributed by atoms with E-state index in [1.807, 2.05) is 24.3 Å². The third kappa shape index (κ3) is 3.97. The van der Waals surface area contributed by atoms with Crippen LogP contribution in [0.4, 0.5) is 5.69 Å². The molecule has 0 unspecified atom stereocenters. The number of nitrogens with zero attached hydrogens (tertiary/aromatic N) is 1. The number of halogens is 1. The average Bonchev–Trinajstić information content (AvgIpc) is 2.21. The predicted molar refractivity (Wildman–Crippen MR) is 68.6 cm³/mol. The molecule has 0 fully saturated rings. The Balaban J connectivity index is 2.68. The van der Waals surface area contributed by atoms with Crippen LogP contribution in [-0.4, -0.2) is 10.5 Å². The summed E-state index contributed by atoms with van der Waals surface area (Å²) in [6.07, 6.45) is 5.26. The molecule has 14 heavy (non-hydrogen) atoms. The minimum atomic E-state index is 0.845. The van der Waals surface area contributed by atoms with Gasteiger partial charge in [0.25, 0.3) is 0 Å². The largest absolute Gasteiger partial charge is 0.195 e. The highest BCUT2D eigenvalue weighted by Crippen LogP contribution is 2.13. The van der Waals surface area contributed by atoms with E-state index in [0.29, 0.717) is 0 Å². The minimum Gasteiger partial charge on any atom is -0.195 e. The molecule has 0 spiro atoms. The van der Waals surface area contributed by atoms with Crippen LogP contribution in [0.25, 0.3) is 6.08 Å². The van der Waals surface area contributed by atoms with Gasteiger partial charge in [0, 0.05) is 5.33 Å². The second-order valence-electron chi connectivity index (χ2n) is 2.67. The molecule has 72 valence electrons. The number of benzene rings is 1. The van der Waals surface area contributed by atoms with E-state index >= 15 is 0 Å². The molecule has 0 amide bonds. The van der Waals surface area contributed by atoms with E-state index in [1.54, 1.807) is 0 Å². The number of hydrogen-bond acceptors (Lipinski definition) is 2. The first-order valence-electron chi connectivity index (χ1n) is 4.27. The topological polar surface area (TPSA) is 12.4 Å². The lowest BCUT2D eigenvalue weighted by molar-refractivity contribution is 1.27. The zero-order valence-corrected chi connectivity index (χ0v) is 10.0. The average molecular weight is 268 g/mol. The molecule has 1 aromatic rings. The Hall–Kier alpha value is -0.760. The van der Waals surface area contributed by atoms with Gasteiger partial charge in [-0.05, 0) is 36.3 Å². The van der Waals surface area contributed by atoms with E-state index in [2.05, 4.69) is 50.5 Å². The van der Waals surface area contributed by atoms with E-state index in [9.17, 15) is 0 Å². The van der Waals surface area contributed by atoms with E-state index in [4.69, 9.17) is 0 Å². The fourth-order valence-electron chi connectivity index (χ4n) is 0.995. The second kappa shape index (κ2) is 6.66. The van der Waals surface area contributed by atoms with Gasteiger partial charge in [0.05, 0.1) is 10.8 Å². The Morgan fingerprint density at radius 2 is 2.07 bits per heavy atom. The number of allylic oxidation sites excluding steroid dienone is 1. The molecular formula is C11H10BrNS. The van der Waals surface area contributed by atoms with Crippen LogP contribution in [0.15, 0.2) is 35.3 Å². The number of isothiocyanates is 1. The van der Waals surface area contributed by atoms with E-state index in [0.717, 1.165) is 17.4 Å². The zero-order chi connectivity index (χ0) is 10.2. The van der Waals surface area contributed by atoms with Crippen LogP contribution in [0, 0.1) is 0 Å². The summed E-state index contributed by atoms with van der Waals surface area (Å²) < 4.78 is 0. The van der Waals surface area contributed by atoms with Crippen LogP contribution in [0.1, 0.15) is 12.0 Å². The van der Waals surface area contributed by atoms with Crippen LogP contribution < -0.4 is 0 Å². The summed E-state index contributed by atoms with van der Waals surface area (Å²) in [6, 6.07) is 7.87. The molecule has 1 aromatic carbocycles. The van der Waals surface area contributed by atoms with Crippen LogP contribution in [0.3, 0.4) is 0 Å². The van der Waals surface area contributed by atoms with Crippen molar-refractivity contribution in [2.24, 2.45) is 4.99 Å². The van der Waals surface area contributed by atoms with Gasteiger partial charge in [-0.3, -0.25) is 0 Å². The minimum absolute atomic E-state index is 0.845. The Morgan fingerprint density at radius 1 is 1.36 bits per heavy atom. The first kappa shape index (κ1) is 11.3. The Morgan fingerprint density at radius 3 is 2.64 bits per heavy atom. The molecule has 0 aromatic heterocycles. The van der Waals surface area contributed by atoms with Crippen molar-refractivity contribution in [3.63, 3.8) is 0 Å². The third-order valence-corrected chi connectivity index (χ3v) is 2.20. The standard InChI is InChI=1S/C11H10BrNS/c12-8-2-1-3-10-4-6-11(7-5-10)13-9-14/h1,3-7H,2,8H2. The van der Waals surface area contributed by atoms with Gasteiger partial charge < -0.3 is 0 Å². The lowest BCUT2D eigenvalue weighted by Gasteiger charge is -1.93. The maximum absolute atomic E-state index is 4.52. The molecule has 3 heteroatoms. The smallest absolute Gasteiger partial charge is 0.0739 e. The molecule has 0 bridgehead atoms. The number of rotatable bonds is 4. The van der Waals surface area contributed by atoms with Gasteiger partial charge in [-0.25, -0.2) is 0 Å². The van der Waals surface area contributed by atoms with Gasteiger partial charge in [0.1, 0.15) is 0 Å². The van der Waals surface area contributed by atoms with Crippen molar-refractivity contribution in [2.45, 2.75) is 6.42 Å². The van der Waals surface area contributed by atoms with Crippen molar-refractivity contribution >= 4 is 45.1 Å². The van der Waals surface area contributed by atoms with Crippen molar-refractivity contribution in [1.82, 2.24) is 0 Å². The Labute approximate surface area is 97.7 Å². The summed E-state index contributed by atoms with van der Waals surface area (Å²) >= 11 is 7.89. The van der Waals surface area contributed by atoms with Crippen LogP contribution in [-0.2, 0) is 0 Å². The maximum Gasteiger partial charge on any atom is 0.0739 e. The van der Waals surface area contributed by atoms with Gasteiger partial charge in [-0.1, -0.05) is 40.2 Å². The fraction of sp³-hybridized carbons (Fsp3) is 0.182.